The standard InChI is InChI=1S/C28H40NO7/c1-8-11-29(12-9-14-30)13-10-20-18-24(33-4)27(35-6)28(36-7)25(20)21(29)15-19-16-22(31-2)26(34-5)23(17-19)32-3/h8,16-18,21,30H,1,9-15H2,2-7H3/q+1. The van der Waals surface area contributed by atoms with E-state index in [-0.39, 0.29) is 12.6 Å². The Morgan fingerprint density at radius 3 is 1.94 bits per heavy atom. The quantitative estimate of drug-likeness (QED) is 0.328. The number of aliphatic hydroxyl groups is 1. The summed E-state index contributed by atoms with van der Waals surface area (Å²) in [6, 6.07) is 6.05. The number of nitrogens with zero attached hydrogens (tertiary/aromatic N) is 1. The van der Waals surface area contributed by atoms with Gasteiger partial charge in [-0.25, -0.2) is 0 Å². The van der Waals surface area contributed by atoms with E-state index in [0.29, 0.717) is 47.3 Å². The third-order valence-corrected chi connectivity index (χ3v) is 7.18. The van der Waals surface area contributed by atoms with E-state index in [4.69, 9.17) is 28.4 Å². The second-order valence-electron chi connectivity index (χ2n) is 8.94. The average molecular weight is 503 g/mol. The lowest BCUT2D eigenvalue weighted by Gasteiger charge is -2.48. The topological polar surface area (TPSA) is 75.6 Å². The Kier molecular flexibility index (Phi) is 9.34. The summed E-state index contributed by atoms with van der Waals surface area (Å²) in [7, 11) is 9.77. The van der Waals surface area contributed by atoms with Crippen molar-refractivity contribution in [2.45, 2.75) is 25.3 Å². The Labute approximate surface area is 214 Å². The molecule has 0 bridgehead atoms. The molecular formula is C28H40NO7+. The highest BCUT2D eigenvalue weighted by Gasteiger charge is 2.44. The fourth-order valence-electron chi connectivity index (χ4n) is 5.57. The van der Waals surface area contributed by atoms with Crippen molar-refractivity contribution in [3.8, 4) is 34.5 Å². The second-order valence-corrected chi connectivity index (χ2v) is 8.94. The van der Waals surface area contributed by atoms with E-state index < -0.39 is 0 Å². The van der Waals surface area contributed by atoms with E-state index in [0.717, 1.165) is 41.7 Å². The number of hydrogen-bond donors (Lipinski definition) is 1. The van der Waals surface area contributed by atoms with Gasteiger partial charge in [0.2, 0.25) is 11.5 Å². The Balaban J connectivity index is 2.27. The zero-order valence-corrected chi connectivity index (χ0v) is 22.4. The van der Waals surface area contributed by atoms with E-state index in [2.05, 4.69) is 12.6 Å². The second kappa shape index (κ2) is 12.2. The first-order chi connectivity index (χ1) is 17.5. The number of ether oxygens (including phenoxy) is 6. The molecule has 0 aliphatic carbocycles. The van der Waals surface area contributed by atoms with Crippen LogP contribution in [0.15, 0.2) is 30.9 Å². The first-order valence-electron chi connectivity index (χ1n) is 12.1. The molecule has 2 unspecified atom stereocenters. The molecule has 2 atom stereocenters. The summed E-state index contributed by atoms with van der Waals surface area (Å²) in [6.07, 6.45) is 4.17. The summed E-state index contributed by atoms with van der Waals surface area (Å²) in [4.78, 5) is 0. The van der Waals surface area contributed by atoms with Crippen LogP contribution in [0, 0.1) is 0 Å². The zero-order valence-electron chi connectivity index (χ0n) is 22.4. The fourth-order valence-corrected chi connectivity index (χ4v) is 5.57. The van der Waals surface area contributed by atoms with Crippen LogP contribution >= 0.6 is 0 Å². The van der Waals surface area contributed by atoms with E-state index in [1.807, 2.05) is 18.2 Å². The summed E-state index contributed by atoms with van der Waals surface area (Å²) < 4.78 is 34.9. The molecule has 2 aromatic rings. The molecule has 0 saturated carbocycles. The molecule has 0 aromatic heterocycles. The van der Waals surface area contributed by atoms with Crippen LogP contribution in [-0.4, -0.2) is 78.5 Å². The largest absolute Gasteiger partial charge is 0.493 e. The van der Waals surface area contributed by atoms with Gasteiger partial charge in [0.1, 0.15) is 6.04 Å². The molecule has 198 valence electrons. The highest BCUT2D eigenvalue weighted by Crippen LogP contribution is 2.51. The number of aliphatic hydroxyl groups excluding tert-OH is 1. The molecule has 1 N–H and O–H groups in total. The van der Waals surface area contributed by atoms with E-state index in [1.54, 1.807) is 42.7 Å². The van der Waals surface area contributed by atoms with Crippen molar-refractivity contribution in [3.05, 3.63) is 47.5 Å². The van der Waals surface area contributed by atoms with Crippen molar-refractivity contribution < 1.29 is 38.0 Å². The molecule has 36 heavy (non-hydrogen) atoms. The summed E-state index contributed by atoms with van der Waals surface area (Å²) >= 11 is 0. The molecule has 0 amide bonds. The number of benzene rings is 2. The van der Waals surface area contributed by atoms with Crippen LogP contribution < -0.4 is 28.4 Å². The first kappa shape index (κ1) is 27.5. The van der Waals surface area contributed by atoms with Crippen molar-refractivity contribution >= 4 is 0 Å². The maximum absolute atomic E-state index is 9.75. The van der Waals surface area contributed by atoms with Gasteiger partial charge in [-0.1, -0.05) is 6.58 Å². The number of quaternary nitrogens is 1. The molecule has 3 rings (SSSR count). The van der Waals surface area contributed by atoms with Gasteiger partial charge in [-0.05, 0) is 35.4 Å². The van der Waals surface area contributed by atoms with Crippen LogP contribution in [0.4, 0.5) is 0 Å². The average Bonchev–Trinajstić information content (AvgIpc) is 2.91. The molecular weight excluding hydrogens is 462 g/mol. The van der Waals surface area contributed by atoms with Crippen LogP contribution in [0.3, 0.4) is 0 Å². The lowest BCUT2D eigenvalue weighted by atomic mass is 9.84. The van der Waals surface area contributed by atoms with Gasteiger partial charge in [0.15, 0.2) is 23.0 Å². The number of fused-ring (bicyclic) bond motifs is 1. The summed E-state index contributed by atoms with van der Waals surface area (Å²) in [6.45, 7) is 6.66. The van der Waals surface area contributed by atoms with E-state index in [9.17, 15) is 5.11 Å². The molecule has 0 saturated heterocycles. The van der Waals surface area contributed by atoms with Crippen molar-refractivity contribution in [2.75, 3.05) is 68.9 Å². The van der Waals surface area contributed by atoms with E-state index in [1.165, 1.54) is 5.56 Å². The number of hydrogen-bond acceptors (Lipinski definition) is 7. The van der Waals surface area contributed by atoms with Crippen LogP contribution in [-0.2, 0) is 12.8 Å². The normalized spacial score (nSPS) is 18.7. The van der Waals surface area contributed by atoms with Crippen molar-refractivity contribution in [3.63, 3.8) is 0 Å². The molecule has 8 nitrogen and oxygen atoms in total. The maximum atomic E-state index is 9.75. The Bertz CT molecular complexity index is 1030. The van der Waals surface area contributed by atoms with Crippen molar-refractivity contribution in [1.82, 2.24) is 0 Å². The lowest BCUT2D eigenvalue weighted by Crippen LogP contribution is -2.56. The van der Waals surface area contributed by atoms with Crippen LogP contribution in [0.5, 0.6) is 34.5 Å². The monoisotopic (exact) mass is 502 g/mol. The zero-order chi connectivity index (χ0) is 26.3. The van der Waals surface area contributed by atoms with Gasteiger partial charge in [-0.15, -0.1) is 0 Å². The van der Waals surface area contributed by atoms with Gasteiger partial charge in [0, 0.05) is 25.9 Å². The third-order valence-electron chi connectivity index (χ3n) is 7.18. The first-order valence-corrected chi connectivity index (χ1v) is 12.1. The Morgan fingerprint density at radius 1 is 0.861 bits per heavy atom. The number of rotatable bonds is 13. The molecule has 0 fully saturated rings. The predicted octanol–water partition coefficient (Wildman–Crippen LogP) is 3.96. The Morgan fingerprint density at radius 2 is 1.44 bits per heavy atom. The van der Waals surface area contributed by atoms with Crippen LogP contribution in [0.1, 0.15) is 29.2 Å². The Hall–Kier alpha value is -3.10. The summed E-state index contributed by atoms with van der Waals surface area (Å²) in [5.41, 5.74) is 3.30. The van der Waals surface area contributed by atoms with Gasteiger partial charge < -0.3 is 38.0 Å². The molecule has 1 heterocycles. The number of methoxy groups -OCH3 is 6. The summed E-state index contributed by atoms with van der Waals surface area (Å²) in [5, 5.41) is 9.75. The smallest absolute Gasteiger partial charge is 0.203 e. The minimum absolute atomic E-state index is 0.00383. The lowest BCUT2D eigenvalue weighted by molar-refractivity contribution is -0.954. The highest BCUT2D eigenvalue weighted by atomic mass is 16.5. The van der Waals surface area contributed by atoms with Gasteiger partial charge in [-0.3, -0.25) is 0 Å². The maximum Gasteiger partial charge on any atom is 0.203 e. The van der Waals surface area contributed by atoms with E-state index >= 15 is 0 Å². The molecule has 1 aliphatic heterocycles. The van der Waals surface area contributed by atoms with Gasteiger partial charge >= 0.3 is 0 Å². The fraction of sp³-hybridized carbons (Fsp3) is 0.500. The SMILES string of the molecule is C=CC[N+]1(CCCO)CCc2cc(OC)c(OC)c(OC)c2C1Cc1cc(OC)c(OC)c(OC)c1. The molecule has 0 radical (unpaired) electrons. The minimum Gasteiger partial charge on any atom is -0.493 e. The van der Waals surface area contributed by atoms with Crippen molar-refractivity contribution in [2.24, 2.45) is 0 Å². The van der Waals surface area contributed by atoms with Crippen LogP contribution in [0.25, 0.3) is 0 Å². The summed E-state index contributed by atoms with van der Waals surface area (Å²) in [5.74, 6) is 3.69. The predicted molar refractivity (Wildman–Crippen MR) is 139 cm³/mol. The van der Waals surface area contributed by atoms with Crippen molar-refractivity contribution in [1.29, 1.82) is 0 Å². The molecule has 8 heteroatoms. The molecule has 0 spiro atoms. The third kappa shape index (κ3) is 5.06. The van der Waals surface area contributed by atoms with Crippen LogP contribution in [0.2, 0.25) is 0 Å². The minimum atomic E-state index is -0.00383. The van der Waals surface area contributed by atoms with Gasteiger partial charge in [-0.2, -0.15) is 0 Å². The molecule has 2 aromatic carbocycles. The molecule has 1 aliphatic rings. The van der Waals surface area contributed by atoms with Gasteiger partial charge in [0.25, 0.3) is 0 Å². The van der Waals surface area contributed by atoms with Gasteiger partial charge in [0.05, 0.1) is 67.9 Å². The highest BCUT2D eigenvalue weighted by molar-refractivity contribution is 5.61.